The second-order valence-electron chi connectivity index (χ2n) is 5.22. The molecule has 0 atom stereocenters. The molecular formula is C21H18N2O. The van der Waals surface area contributed by atoms with Crippen molar-refractivity contribution < 1.29 is 5.21 Å². The van der Waals surface area contributed by atoms with E-state index in [0.717, 1.165) is 22.6 Å². The second-order valence-corrected chi connectivity index (χ2v) is 5.22. The van der Waals surface area contributed by atoms with Gasteiger partial charge in [-0.25, -0.2) is 0 Å². The number of benzene rings is 3. The molecule has 3 heteroatoms. The molecule has 0 radical (unpaired) electrons. The van der Waals surface area contributed by atoms with E-state index in [1.807, 2.05) is 54.6 Å². The van der Waals surface area contributed by atoms with E-state index in [-0.39, 0.29) is 0 Å². The third-order valence-corrected chi connectivity index (χ3v) is 3.62. The predicted octanol–water partition coefficient (Wildman–Crippen LogP) is 5.63. The van der Waals surface area contributed by atoms with Crippen molar-refractivity contribution in [1.29, 1.82) is 0 Å². The first kappa shape index (κ1) is 15.6. The summed E-state index contributed by atoms with van der Waals surface area (Å²) in [5, 5.41) is 11.4. The first-order valence-corrected chi connectivity index (χ1v) is 7.73. The largest absolute Gasteiger partial charge is 0.411 e. The van der Waals surface area contributed by atoms with Crippen molar-refractivity contribution >= 4 is 29.4 Å². The Hall–Kier alpha value is -3.33. The van der Waals surface area contributed by atoms with Gasteiger partial charge in [-0.3, -0.25) is 0 Å². The van der Waals surface area contributed by atoms with Crippen LogP contribution in [0.3, 0.4) is 0 Å². The van der Waals surface area contributed by atoms with Crippen LogP contribution in [0.15, 0.2) is 96.2 Å². The molecule has 0 aromatic heterocycles. The Morgan fingerprint density at radius 2 is 1.17 bits per heavy atom. The van der Waals surface area contributed by atoms with Crippen molar-refractivity contribution in [2.75, 3.05) is 4.90 Å². The highest BCUT2D eigenvalue weighted by molar-refractivity contribution is 5.79. The summed E-state index contributed by atoms with van der Waals surface area (Å²) in [6.45, 7) is 0. The number of para-hydroxylation sites is 2. The van der Waals surface area contributed by atoms with Crippen LogP contribution in [0.1, 0.15) is 5.56 Å². The Morgan fingerprint density at radius 3 is 1.67 bits per heavy atom. The number of hydrogen-bond acceptors (Lipinski definition) is 3. The molecule has 0 saturated heterocycles. The molecule has 3 rings (SSSR count). The summed E-state index contributed by atoms with van der Waals surface area (Å²) in [7, 11) is 0. The molecule has 0 saturated carbocycles. The lowest BCUT2D eigenvalue weighted by Gasteiger charge is -2.25. The van der Waals surface area contributed by atoms with Gasteiger partial charge >= 0.3 is 0 Å². The zero-order valence-corrected chi connectivity index (χ0v) is 13.2. The van der Waals surface area contributed by atoms with Gasteiger partial charge in [0.05, 0.1) is 6.21 Å². The molecule has 0 aliphatic heterocycles. The monoisotopic (exact) mass is 314 g/mol. The molecule has 0 unspecified atom stereocenters. The maximum Gasteiger partial charge on any atom is 0.0661 e. The average Bonchev–Trinajstić information content (AvgIpc) is 2.65. The van der Waals surface area contributed by atoms with Crippen LogP contribution in [0.25, 0.3) is 6.08 Å². The van der Waals surface area contributed by atoms with E-state index >= 15 is 0 Å². The molecule has 0 bridgehead atoms. The standard InChI is InChI=1S/C21H18N2O/c24-22-17-7-8-18-13-15-21(16-14-18)23(19-9-3-1-4-10-19)20-11-5-2-6-12-20/h1-17,24H/b8-7+,22-17?. The molecule has 118 valence electrons. The summed E-state index contributed by atoms with van der Waals surface area (Å²) in [5.74, 6) is 0. The van der Waals surface area contributed by atoms with Crippen molar-refractivity contribution in [1.82, 2.24) is 0 Å². The van der Waals surface area contributed by atoms with Gasteiger partial charge < -0.3 is 10.1 Å². The SMILES string of the molecule is ON=C/C=C/c1ccc(N(c2ccccc2)c2ccccc2)cc1. The topological polar surface area (TPSA) is 35.8 Å². The molecule has 0 spiro atoms. The number of hydrogen-bond donors (Lipinski definition) is 1. The molecule has 24 heavy (non-hydrogen) atoms. The lowest BCUT2D eigenvalue weighted by Crippen LogP contribution is -2.09. The normalized spacial score (nSPS) is 11.2. The Balaban J connectivity index is 1.97. The van der Waals surface area contributed by atoms with Crippen molar-refractivity contribution in [3.63, 3.8) is 0 Å². The van der Waals surface area contributed by atoms with Gasteiger partial charge in [0.2, 0.25) is 0 Å². The molecular weight excluding hydrogens is 296 g/mol. The summed E-state index contributed by atoms with van der Waals surface area (Å²) >= 11 is 0. The van der Waals surface area contributed by atoms with Gasteiger partial charge in [0.15, 0.2) is 0 Å². The maximum absolute atomic E-state index is 8.42. The Labute approximate surface area is 141 Å². The van der Waals surface area contributed by atoms with Crippen LogP contribution < -0.4 is 4.90 Å². The molecule has 0 aliphatic rings. The summed E-state index contributed by atoms with van der Waals surface area (Å²) in [6.07, 6.45) is 4.92. The molecule has 0 aliphatic carbocycles. The lowest BCUT2D eigenvalue weighted by molar-refractivity contribution is 0.322. The van der Waals surface area contributed by atoms with Gasteiger partial charge in [0.1, 0.15) is 0 Å². The minimum atomic E-state index is 1.04. The quantitative estimate of drug-likeness (QED) is 0.376. The van der Waals surface area contributed by atoms with Crippen LogP contribution in [0.2, 0.25) is 0 Å². The van der Waals surface area contributed by atoms with E-state index < -0.39 is 0 Å². The minimum absolute atomic E-state index is 1.04. The highest BCUT2D eigenvalue weighted by Gasteiger charge is 2.10. The van der Waals surface area contributed by atoms with Crippen LogP contribution in [-0.2, 0) is 0 Å². The fourth-order valence-corrected chi connectivity index (χ4v) is 2.53. The maximum atomic E-state index is 8.42. The number of oxime groups is 1. The summed E-state index contributed by atoms with van der Waals surface area (Å²) in [6, 6.07) is 28.8. The minimum Gasteiger partial charge on any atom is -0.411 e. The summed E-state index contributed by atoms with van der Waals surface area (Å²) in [4.78, 5) is 2.21. The van der Waals surface area contributed by atoms with Crippen LogP contribution >= 0.6 is 0 Å². The second kappa shape index (κ2) is 7.79. The van der Waals surface area contributed by atoms with Crippen molar-refractivity contribution in [3.05, 3.63) is 96.6 Å². The third kappa shape index (κ3) is 3.70. The number of nitrogens with zero attached hydrogens (tertiary/aromatic N) is 2. The lowest BCUT2D eigenvalue weighted by atomic mass is 10.1. The van der Waals surface area contributed by atoms with Crippen molar-refractivity contribution in [2.24, 2.45) is 5.16 Å². The van der Waals surface area contributed by atoms with Crippen LogP contribution in [0, 0.1) is 0 Å². The highest BCUT2D eigenvalue weighted by Crippen LogP contribution is 2.34. The van der Waals surface area contributed by atoms with Gasteiger partial charge in [-0.2, -0.15) is 0 Å². The Morgan fingerprint density at radius 1 is 0.667 bits per heavy atom. The van der Waals surface area contributed by atoms with Gasteiger partial charge in [0.25, 0.3) is 0 Å². The molecule has 3 nitrogen and oxygen atoms in total. The zero-order chi connectivity index (χ0) is 16.6. The van der Waals surface area contributed by atoms with Gasteiger partial charge in [-0.05, 0) is 48.0 Å². The van der Waals surface area contributed by atoms with E-state index in [4.69, 9.17) is 5.21 Å². The smallest absolute Gasteiger partial charge is 0.0661 e. The van der Waals surface area contributed by atoms with Crippen molar-refractivity contribution in [3.8, 4) is 0 Å². The highest BCUT2D eigenvalue weighted by atomic mass is 16.4. The molecule has 3 aromatic rings. The van der Waals surface area contributed by atoms with Gasteiger partial charge in [-0.1, -0.05) is 59.8 Å². The third-order valence-electron chi connectivity index (χ3n) is 3.62. The molecule has 1 N–H and O–H groups in total. The number of rotatable bonds is 5. The van der Waals surface area contributed by atoms with E-state index in [0.29, 0.717) is 0 Å². The Bertz CT molecular complexity index is 770. The number of allylic oxidation sites excluding steroid dienone is 1. The first-order chi connectivity index (χ1) is 11.9. The van der Waals surface area contributed by atoms with E-state index in [2.05, 4.69) is 46.5 Å². The van der Waals surface area contributed by atoms with E-state index in [9.17, 15) is 0 Å². The van der Waals surface area contributed by atoms with Gasteiger partial charge in [0, 0.05) is 17.1 Å². The Kier molecular flexibility index (Phi) is 5.05. The predicted molar refractivity (Wildman–Crippen MR) is 100 cm³/mol. The molecule has 0 heterocycles. The first-order valence-electron chi connectivity index (χ1n) is 7.73. The van der Waals surface area contributed by atoms with E-state index in [1.54, 1.807) is 6.08 Å². The number of anilines is 3. The van der Waals surface area contributed by atoms with E-state index in [1.165, 1.54) is 6.21 Å². The fourth-order valence-electron chi connectivity index (χ4n) is 2.53. The van der Waals surface area contributed by atoms with Gasteiger partial charge in [-0.15, -0.1) is 0 Å². The molecule has 0 fully saturated rings. The van der Waals surface area contributed by atoms with Crippen molar-refractivity contribution in [2.45, 2.75) is 0 Å². The molecule has 3 aromatic carbocycles. The fraction of sp³-hybridized carbons (Fsp3) is 0. The van der Waals surface area contributed by atoms with Crippen LogP contribution in [-0.4, -0.2) is 11.4 Å². The zero-order valence-electron chi connectivity index (χ0n) is 13.2. The summed E-state index contributed by atoms with van der Waals surface area (Å²) < 4.78 is 0. The van der Waals surface area contributed by atoms with Crippen LogP contribution in [0.4, 0.5) is 17.1 Å². The molecule has 0 amide bonds. The van der Waals surface area contributed by atoms with Crippen LogP contribution in [0.5, 0.6) is 0 Å². The summed E-state index contributed by atoms with van der Waals surface area (Å²) in [5.41, 5.74) is 4.35. The average molecular weight is 314 g/mol.